The number of carbonyl (C=O) groups excluding carboxylic acids is 1. The molecule has 1 aromatic carbocycles. The maximum Gasteiger partial charge on any atom is 0.266 e. The van der Waals surface area contributed by atoms with E-state index >= 15 is 0 Å². The zero-order valence-electron chi connectivity index (χ0n) is 8.73. The Morgan fingerprint density at radius 2 is 2.00 bits per heavy atom. The van der Waals surface area contributed by atoms with E-state index in [-0.39, 0.29) is 11.5 Å². The Labute approximate surface area is 91.7 Å². The Hall–Kier alpha value is -2.30. The van der Waals surface area contributed by atoms with E-state index in [2.05, 4.69) is 10.4 Å². The van der Waals surface area contributed by atoms with Crippen LogP contribution in [0.4, 0.5) is 5.82 Å². The van der Waals surface area contributed by atoms with Crippen LogP contribution in [0.3, 0.4) is 0 Å². The summed E-state index contributed by atoms with van der Waals surface area (Å²) in [5, 5.41) is 5.20. The van der Waals surface area contributed by atoms with E-state index in [9.17, 15) is 9.59 Å². The normalized spacial score (nSPS) is 10.1. The van der Waals surface area contributed by atoms with Crippen molar-refractivity contribution in [2.75, 3.05) is 5.32 Å². The second-order valence-corrected chi connectivity index (χ2v) is 3.36. The Morgan fingerprint density at radius 1 is 1.31 bits per heavy atom. The number of aromatic amines is 1. The van der Waals surface area contributed by atoms with Crippen molar-refractivity contribution in [2.24, 2.45) is 0 Å². The maximum absolute atomic E-state index is 11.2. The van der Waals surface area contributed by atoms with E-state index in [1.807, 2.05) is 30.3 Å². The predicted molar refractivity (Wildman–Crippen MR) is 60.7 cm³/mol. The van der Waals surface area contributed by atoms with E-state index in [1.54, 1.807) is 0 Å². The molecule has 2 rings (SSSR count). The fourth-order valence-electron chi connectivity index (χ4n) is 1.44. The van der Waals surface area contributed by atoms with E-state index in [1.165, 1.54) is 17.7 Å². The third kappa shape index (κ3) is 2.03. The van der Waals surface area contributed by atoms with Crippen molar-refractivity contribution in [1.29, 1.82) is 0 Å². The van der Waals surface area contributed by atoms with Crippen LogP contribution in [0.2, 0.25) is 0 Å². The molecular weight excluding hydrogens is 206 g/mol. The molecule has 2 N–H and O–H groups in total. The number of amides is 1. The van der Waals surface area contributed by atoms with Crippen LogP contribution in [0, 0.1) is 0 Å². The minimum Gasteiger partial charge on any atom is -0.311 e. The van der Waals surface area contributed by atoms with Crippen molar-refractivity contribution in [3.63, 3.8) is 0 Å². The maximum atomic E-state index is 11.2. The van der Waals surface area contributed by atoms with Gasteiger partial charge in [-0.2, -0.15) is 0 Å². The molecule has 0 saturated carbocycles. The summed E-state index contributed by atoms with van der Waals surface area (Å²) in [6.45, 7) is 1.40. The van der Waals surface area contributed by atoms with Crippen LogP contribution in [0.1, 0.15) is 6.92 Å². The number of carbonyl (C=O) groups is 1. The zero-order valence-corrected chi connectivity index (χ0v) is 8.73. The lowest BCUT2D eigenvalue weighted by atomic mass is 10.3. The van der Waals surface area contributed by atoms with Crippen LogP contribution in [0.5, 0.6) is 0 Å². The summed E-state index contributed by atoms with van der Waals surface area (Å²) in [7, 11) is 0. The van der Waals surface area contributed by atoms with Gasteiger partial charge < -0.3 is 5.32 Å². The number of benzene rings is 1. The molecule has 0 unspecified atom stereocenters. The molecule has 0 aliphatic heterocycles. The molecule has 1 amide bonds. The van der Waals surface area contributed by atoms with Gasteiger partial charge in [0.25, 0.3) is 5.56 Å². The van der Waals surface area contributed by atoms with Crippen molar-refractivity contribution in [3.8, 4) is 5.69 Å². The second-order valence-electron chi connectivity index (χ2n) is 3.36. The summed E-state index contributed by atoms with van der Waals surface area (Å²) in [5.74, 6) is 0.215. The van der Waals surface area contributed by atoms with Gasteiger partial charge in [0.05, 0.1) is 5.69 Å². The average molecular weight is 217 g/mol. The minimum absolute atomic E-state index is 0.219. The van der Waals surface area contributed by atoms with Gasteiger partial charge in [-0.15, -0.1) is 0 Å². The first-order valence-corrected chi connectivity index (χ1v) is 4.82. The third-order valence-electron chi connectivity index (χ3n) is 2.05. The molecule has 1 aromatic heterocycles. The fourth-order valence-corrected chi connectivity index (χ4v) is 1.44. The molecule has 16 heavy (non-hydrogen) atoms. The van der Waals surface area contributed by atoms with E-state index in [4.69, 9.17) is 0 Å². The minimum atomic E-state index is -0.257. The van der Waals surface area contributed by atoms with Crippen LogP contribution in [-0.4, -0.2) is 15.7 Å². The van der Waals surface area contributed by atoms with Crippen molar-refractivity contribution in [3.05, 3.63) is 46.8 Å². The lowest BCUT2D eigenvalue weighted by Crippen LogP contribution is -2.11. The summed E-state index contributed by atoms with van der Waals surface area (Å²) in [4.78, 5) is 22.2. The van der Waals surface area contributed by atoms with Gasteiger partial charge in [0.2, 0.25) is 5.91 Å². The fraction of sp³-hybridized carbons (Fsp3) is 0.0909. The van der Waals surface area contributed by atoms with Crippen LogP contribution in [-0.2, 0) is 4.79 Å². The monoisotopic (exact) mass is 217 g/mol. The summed E-state index contributed by atoms with van der Waals surface area (Å²) in [6.07, 6.45) is 0. The molecule has 0 aliphatic rings. The highest BCUT2D eigenvalue weighted by Gasteiger charge is 2.06. The Balaban J connectivity index is 2.48. The van der Waals surface area contributed by atoms with Crippen molar-refractivity contribution >= 4 is 11.7 Å². The number of H-pyrrole nitrogens is 1. The summed E-state index contributed by atoms with van der Waals surface area (Å²) >= 11 is 0. The molecule has 0 aliphatic carbocycles. The molecule has 0 atom stereocenters. The molecular formula is C11H11N3O2. The molecule has 5 nitrogen and oxygen atoms in total. The molecule has 0 bridgehead atoms. The Morgan fingerprint density at radius 3 is 2.62 bits per heavy atom. The van der Waals surface area contributed by atoms with Gasteiger partial charge in [-0.25, -0.2) is 4.68 Å². The standard InChI is InChI=1S/C11H11N3O2/c1-8(15)12-10-7-11(16)13-14(10)9-5-3-2-4-6-9/h2-7H,1H3,(H,12,15)(H,13,16). The van der Waals surface area contributed by atoms with Crippen LogP contribution in [0.25, 0.3) is 5.69 Å². The van der Waals surface area contributed by atoms with Gasteiger partial charge in [0.15, 0.2) is 0 Å². The molecule has 0 spiro atoms. The number of hydrogen-bond acceptors (Lipinski definition) is 2. The lowest BCUT2D eigenvalue weighted by molar-refractivity contribution is -0.114. The third-order valence-corrected chi connectivity index (χ3v) is 2.05. The first-order valence-electron chi connectivity index (χ1n) is 4.82. The van der Waals surface area contributed by atoms with E-state index < -0.39 is 0 Å². The highest BCUT2D eigenvalue weighted by molar-refractivity contribution is 5.87. The van der Waals surface area contributed by atoms with Crippen molar-refractivity contribution in [2.45, 2.75) is 6.92 Å². The van der Waals surface area contributed by atoms with Gasteiger partial charge in [0, 0.05) is 13.0 Å². The number of nitrogens with zero attached hydrogens (tertiary/aromatic N) is 1. The molecule has 0 saturated heterocycles. The largest absolute Gasteiger partial charge is 0.311 e. The number of para-hydroxylation sites is 1. The molecule has 0 radical (unpaired) electrons. The number of anilines is 1. The zero-order chi connectivity index (χ0) is 11.5. The number of nitrogens with one attached hydrogen (secondary N) is 2. The average Bonchev–Trinajstić information content (AvgIpc) is 2.60. The van der Waals surface area contributed by atoms with Gasteiger partial charge in [-0.05, 0) is 12.1 Å². The number of hydrogen-bond donors (Lipinski definition) is 2. The van der Waals surface area contributed by atoms with Crippen LogP contribution >= 0.6 is 0 Å². The van der Waals surface area contributed by atoms with Gasteiger partial charge in [-0.1, -0.05) is 18.2 Å². The van der Waals surface area contributed by atoms with E-state index in [0.29, 0.717) is 5.82 Å². The van der Waals surface area contributed by atoms with Crippen molar-refractivity contribution < 1.29 is 4.79 Å². The molecule has 82 valence electrons. The van der Waals surface area contributed by atoms with E-state index in [0.717, 1.165) is 5.69 Å². The number of aromatic nitrogens is 2. The Bertz CT molecular complexity index is 554. The SMILES string of the molecule is CC(=O)Nc1cc(=O)[nH]n1-c1ccccc1. The summed E-state index contributed by atoms with van der Waals surface area (Å²) < 4.78 is 1.53. The second kappa shape index (κ2) is 4.06. The van der Waals surface area contributed by atoms with Crippen LogP contribution < -0.4 is 10.9 Å². The smallest absolute Gasteiger partial charge is 0.266 e. The Kier molecular flexibility index (Phi) is 2.59. The highest BCUT2D eigenvalue weighted by atomic mass is 16.2. The van der Waals surface area contributed by atoms with Gasteiger partial charge in [-0.3, -0.25) is 14.7 Å². The summed E-state index contributed by atoms with van der Waals surface area (Å²) in [6, 6.07) is 10.6. The molecule has 2 aromatic rings. The van der Waals surface area contributed by atoms with Crippen molar-refractivity contribution in [1.82, 2.24) is 9.78 Å². The van der Waals surface area contributed by atoms with Gasteiger partial charge in [0.1, 0.15) is 5.82 Å². The summed E-state index contributed by atoms with van der Waals surface area (Å²) in [5.41, 5.74) is 0.529. The first-order chi connectivity index (χ1) is 7.66. The van der Waals surface area contributed by atoms with Crippen LogP contribution in [0.15, 0.2) is 41.2 Å². The molecule has 0 fully saturated rings. The topological polar surface area (TPSA) is 66.9 Å². The highest BCUT2D eigenvalue weighted by Crippen LogP contribution is 2.11. The number of rotatable bonds is 2. The molecule has 5 heteroatoms. The molecule has 1 heterocycles. The predicted octanol–water partition coefficient (Wildman–Crippen LogP) is 1.12. The lowest BCUT2D eigenvalue weighted by Gasteiger charge is -2.07. The quantitative estimate of drug-likeness (QED) is 0.791. The first kappa shape index (κ1) is 10.2. The van der Waals surface area contributed by atoms with Gasteiger partial charge >= 0.3 is 0 Å².